The van der Waals surface area contributed by atoms with Crippen molar-refractivity contribution in [1.29, 1.82) is 0 Å². The number of hydrogen-bond acceptors (Lipinski definition) is 3. The van der Waals surface area contributed by atoms with Gasteiger partial charge in [-0.25, -0.2) is 0 Å². The molecule has 1 aromatic carbocycles. The van der Waals surface area contributed by atoms with Gasteiger partial charge in [-0.3, -0.25) is 0 Å². The largest absolute Gasteiger partial charge is 0.380 e. The lowest BCUT2D eigenvalue weighted by Gasteiger charge is -2.32. The van der Waals surface area contributed by atoms with Crippen LogP contribution in [0.25, 0.3) is 0 Å². The Morgan fingerprint density at radius 1 is 1.32 bits per heavy atom. The van der Waals surface area contributed by atoms with E-state index in [1.807, 2.05) is 0 Å². The molecule has 0 saturated carbocycles. The molecule has 1 aromatic rings. The standard InChI is InChI=1S/C16H26N2O/c1-18-9-4-3-8-16(18)12-17-11-14-6-5-7-15(10-14)13-19-2/h5-7,10,16-17H,3-4,8-9,11-13H2,1-2H3. The molecular weight excluding hydrogens is 236 g/mol. The zero-order valence-electron chi connectivity index (χ0n) is 12.2. The first-order valence-electron chi connectivity index (χ1n) is 7.27. The first kappa shape index (κ1) is 14.5. The van der Waals surface area contributed by atoms with Crippen LogP contribution in [0, 0.1) is 0 Å². The SMILES string of the molecule is COCc1cccc(CNCC2CCCCN2C)c1. The fraction of sp³-hybridized carbons (Fsp3) is 0.625. The van der Waals surface area contributed by atoms with Crippen molar-refractivity contribution < 1.29 is 4.74 Å². The number of ether oxygens (including phenoxy) is 1. The first-order valence-corrected chi connectivity index (χ1v) is 7.27. The Balaban J connectivity index is 1.77. The summed E-state index contributed by atoms with van der Waals surface area (Å²) >= 11 is 0. The number of likely N-dealkylation sites (tertiary alicyclic amines) is 1. The summed E-state index contributed by atoms with van der Waals surface area (Å²) in [5.74, 6) is 0. The maximum atomic E-state index is 5.17. The van der Waals surface area contributed by atoms with E-state index in [1.165, 1.54) is 36.9 Å². The molecule has 0 aromatic heterocycles. The van der Waals surface area contributed by atoms with Gasteiger partial charge in [0.15, 0.2) is 0 Å². The molecule has 1 saturated heterocycles. The van der Waals surface area contributed by atoms with Gasteiger partial charge in [0, 0.05) is 26.2 Å². The van der Waals surface area contributed by atoms with E-state index in [2.05, 4.69) is 41.5 Å². The summed E-state index contributed by atoms with van der Waals surface area (Å²) in [4.78, 5) is 2.48. The van der Waals surface area contributed by atoms with Crippen LogP contribution >= 0.6 is 0 Å². The van der Waals surface area contributed by atoms with Gasteiger partial charge in [-0.15, -0.1) is 0 Å². The number of piperidine rings is 1. The van der Waals surface area contributed by atoms with Gasteiger partial charge in [0.1, 0.15) is 0 Å². The normalized spacial score (nSPS) is 20.6. The summed E-state index contributed by atoms with van der Waals surface area (Å²) in [6.07, 6.45) is 4.05. The fourth-order valence-corrected chi connectivity index (χ4v) is 2.78. The number of nitrogens with zero attached hydrogens (tertiary/aromatic N) is 1. The van der Waals surface area contributed by atoms with Crippen molar-refractivity contribution >= 4 is 0 Å². The molecule has 3 heteroatoms. The highest BCUT2D eigenvalue weighted by molar-refractivity contribution is 5.22. The Morgan fingerprint density at radius 3 is 2.95 bits per heavy atom. The molecule has 1 fully saturated rings. The van der Waals surface area contributed by atoms with E-state index in [0.717, 1.165) is 13.1 Å². The maximum Gasteiger partial charge on any atom is 0.0713 e. The van der Waals surface area contributed by atoms with Crippen LogP contribution in [0.2, 0.25) is 0 Å². The minimum absolute atomic E-state index is 0.694. The van der Waals surface area contributed by atoms with Gasteiger partial charge in [-0.1, -0.05) is 30.7 Å². The molecule has 2 rings (SSSR count). The van der Waals surface area contributed by atoms with E-state index < -0.39 is 0 Å². The molecule has 1 N–H and O–H groups in total. The van der Waals surface area contributed by atoms with E-state index in [9.17, 15) is 0 Å². The van der Waals surface area contributed by atoms with Gasteiger partial charge in [0.25, 0.3) is 0 Å². The highest BCUT2D eigenvalue weighted by Crippen LogP contribution is 2.14. The van der Waals surface area contributed by atoms with Crippen molar-refractivity contribution in [3.05, 3.63) is 35.4 Å². The smallest absolute Gasteiger partial charge is 0.0713 e. The summed E-state index contributed by atoms with van der Waals surface area (Å²) in [6.45, 7) is 3.97. The predicted molar refractivity (Wildman–Crippen MR) is 79.1 cm³/mol. The Kier molecular flexibility index (Phi) is 5.83. The van der Waals surface area contributed by atoms with Crippen molar-refractivity contribution in [2.45, 2.75) is 38.5 Å². The number of nitrogens with one attached hydrogen (secondary N) is 1. The fourth-order valence-electron chi connectivity index (χ4n) is 2.78. The van der Waals surface area contributed by atoms with Crippen molar-refractivity contribution in [2.75, 3.05) is 27.2 Å². The molecule has 0 radical (unpaired) electrons. The highest BCUT2D eigenvalue weighted by Gasteiger charge is 2.17. The summed E-state index contributed by atoms with van der Waals surface area (Å²) in [5, 5.41) is 3.59. The average Bonchev–Trinajstić information content (AvgIpc) is 2.42. The summed E-state index contributed by atoms with van der Waals surface area (Å²) < 4.78 is 5.17. The molecule has 0 bridgehead atoms. The Hall–Kier alpha value is -0.900. The molecule has 106 valence electrons. The van der Waals surface area contributed by atoms with Gasteiger partial charge >= 0.3 is 0 Å². The quantitative estimate of drug-likeness (QED) is 0.852. The lowest BCUT2D eigenvalue weighted by atomic mass is 10.0. The zero-order valence-corrected chi connectivity index (χ0v) is 12.2. The first-order chi connectivity index (χ1) is 9.29. The lowest BCUT2D eigenvalue weighted by Crippen LogP contribution is -2.42. The van der Waals surface area contributed by atoms with Gasteiger partial charge in [-0.2, -0.15) is 0 Å². The van der Waals surface area contributed by atoms with Crippen LogP contribution in [-0.4, -0.2) is 38.2 Å². The van der Waals surface area contributed by atoms with Crippen LogP contribution in [0.3, 0.4) is 0 Å². The van der Waals surface area contributed by atoms with E-state index in [-0.39, 0.29) is 0 Å². The molecule has 1 unspecified atom stereocenters. The van der Waals surface area contributed by atoms with Gasteiger partial charge in [0.05, 0.1) is 6.61 Å². The molecule has 1 aliphatic heterocycles. The van der Waals surface area contributed by atoms with Crippen molar-refractivity contribution in [1.82, 2.24) is 10.2 Å². The molecular formula is C16H26N2O. The van der Waals surface area contributed by atoms with Gasteiger partial charge in [0.2, 0.25) is 0 Å². The van der Waals surface area contributed by atoms with Crippen LogP contribution in [0.15, 0.2) is 24.3 Å². The third-order valence-electron chi connectivity index (χ3n) is 3.93. The second kappa shape index (κ2) is 7.63. The average molecular weight is 262 g/mol. The summed E-state index contributed by atoms with van der Waals surface area (Å²) in [6, 6.07) is 9.33. The van der Waals surface area contributed by atoms with E-state index >= 15 is 0 Å². The molecule has 3 nitrogen and oxygen atoms in total. The monoisotopic (exact) mass is 262 g/mol. The van der Waals surface area contributed by atoms with Crippen molar-refractivity contribution in [2.24, 2.45) is 0 Å². The maximum absolute atomic E-state index is 5.17. The predicted octanol–water partition coefficient (Wildman–Crippen LogP) is 2.41. The van der Waals surface area contributed by atoms with E-state index in [4.69, 9.17) is 4.74 Å². The number of likely N-dealkylation sites (N-methyl/N-ethyl adjacent to an activating group) is 1. The van der Waals surface area contributed by atoms with E-state index in [1.54, 1.807) is 7.11 Å². The minimum Gasteiger partial charge on any atom is -0.380 e. The Labute approximate surface area is 116 Å². The van der Waals surface area contributed by atoms with Crippen LogP contribution in [-0.2, 0) is 17.9 Å². The molecule has 19 heavy (non-hydrogen) atoms. The van der Waals surface area contributed by atoms with Gasteiger partial charge < -0.3 is 15.0 Å². The number of hydrogen-bond donors (Lipinski definition) is 1. The van der Waals surface area contributed by atoms with Crippen molar-refractivity contribution in [3.8, 4) is 0 Å². The molecule has 1 aliphatic rings. The molecule has 1 heterocycles. The second-order valence-corrected chi connectivity index (χ2v) is 5.51. The Morgan fingerprint density at radius 2 is 2.16 bits per heavy atom. The third-order valence-corrected chi connectivity index (χ3v) is 3.93. The zero-order chi connectivity index (χ0) is 13.5. The second-order valence-electron chi connectivity index (χ2n) is 5.51. The molecule has 0 aliphatic carbocycles. The van der Waals surface area contributed by atoms with Gasteiger partial charge in [-0.05, 0) is 37.6 Å². The number of benzene rings is 1. The highest BCUT2D eigenvalue weighted by atomic mass is 16.5. The summed E-state index contributed by atoms with van der Waals surface area (Å²) in [7, 11) is 3.98. The van der Waals surface area contributed by atoms with Crippen LogP contribution in [0.4, 0.5) is 0 Å². The lowest BCUT2D eigenvalue weighted by molar-refractivity contribution is 0.181. The van der Waals surface area contributed by atoms with Crippen molar-refractivity contribution in [3.63, 3.8) is 0 Å². The molecule has 0 spiro atoms. The minimum atomic E-state index is 0.694. The number of methoxy groups -OCH3 is 1. The number of rotatable bonds is 6. The van der Waals surface area contributed by atoms with Crippen LogP contribution < -0.4 is 5.32 Å². The van der Waals surface area contributed by atoms with Crippen LogP contribution in [0.1, 0.15) is 30.4 Å². The molecule has 0 amide bonds. The topological polar surface area (TPSA) is 24.5 Å². The third kappa shape index (κ3) is 4.60. The van der Waals surface area contributed by atoms with E-state index in [0.29, 0.717) is 12.6 Å². The Bertz CT molecular complexity index is 381. The molecule has 1 atom stereocenters. The van der Waals surface area contributed by atoms with Crippen LogP contribution in [0.5, 0.6) is 0 Å². The summed E-state index contributed by atoms with van der Waals surface area (Å²) in [5.41, 5.74) is 2.59.